The molecule has 0 spiro atoms. The van der Waals surface area contributed by atoms with E-state index in [0.29, 0.717) is 56.7 Å². The van der Waals surface area contributed by atoms with Crippen molar-refractivity contribution in [2.75, 3.05) is 26.6 Å². The van der Waals surface area contributed by atoms with Crippen LogP contribution in [0.4, 0.5) is 5.69 Å². The van der Waals surface area contributed by atoms with Crippen molar-refractivity contribution >= 4 is 22.5 Å². The summed E-state index contributed by atoms with van der Waals surface area (Å²) in [6, 6.07) is 18.5. The van der Waals surface area contributed by atoms with Gasteiger partial charge in [-0.1, -0.05) is 6.07 Å². The molecule has 0 radical (unpaired) electrons. The standard InChI is InChI=1S/C29H25N5O6/c1-17-12-26(35)34(19-8-10-20(37-2)11-9-19)33-27(17)28(36)32-18-6-5-7-21(13-18)40-29-22-14-24(38-3)25(39-4)15-23(22)30-16-31-29/h5-16H,1-4H3,(H,32,36). The van der Waals surface area contributed by atoms with Crippen LogP contribution in [0.1, 0.15) is 16.1 Å². The Hall–Kier alpha value is -5.45. The van der Waals surface area contributed by atoms with Gasteiger partial charge in [0.1, 0.15) is 17.8 Å². The first-order valence-electron chi connectivity index (χ1n) is 12.1. The van der Waals surface area contributed by atoms with Crippen LogP contribution in [0.25, 0.3) is 16.6 Å². The zero-order chi connectivity index (χ0) is 28.2. The number of fused-ring (bicyclic) bond motifs is 1. The zero-order valence-corrected chi connectivity index (χ0v) is 22.2. The van der Waals surface area contributed by atoms with E-state index in [9.17, 15) is 9.59 Å². The number of rotatable bonds is 8. The summed E-state index contributed by atoms with van der Waals surface area (Å²) in [6.45, 7) is 1.66. The van der Waals surface area contributed by atoms with Crippen LogP contribution in [0.2, 0.25) is 0 Å². The molecule has 1 amide bonds. The summed E-state index contributed by atoms with van der Waals surface area (Å²) in [5.41, 5.74) is 1.76. The maximum Gasteiger partial charge on any atom is 0.276 e. The van der Waals surface area contributed by atoms with Gasteiger partial charge in [-0.05, 0) is 55.0 Å². The number of ether oxygens (including phenoxy) is 4. The van der Waals surface area contributed by atoms with Gasteiger partial charge in [-0.25, -0.2) is 9.97 Å². The van der Waals surface area contributed by atoms with Gasteiger partial charge in [-0.2, -0.15) is 9.78 Å². The molecule has 202 valence electrons. The van der Waals surface area contributed by atoms with Crippen LogP contribution in [-0.2, 0) is 0 Å². The molecule has 2 aromatic heterocycles. The molecule has 0 bridgehead atoms. The summed E-state index contributed by atoms with van der Waals surface area (Å²) in [5.74, 6) is 1.93. The third-order valence-electron chi connectivity index (χ3n) is 6.06. The number of anilines is 1. The summed E-state index contributed by atoms with van der Waals surface area (Å²) < 4.78 is 23.2. The maximum absolute atomic E-state index is 13.2. The Labute approximate surface area is 228 Å². The molecule has 0 aliphatic heterocycles. The second kappa shape index (κ2) is 11.1. The molecule has 0 unspecified atom stereocenters. The van der Waals surface area contributed by atoms with Gasteiger partial charge >= 0.3 is 0 Å². The summed E-state index contributed by atoms with van der Waals surface area (Å²) in [5, 5.41) is 7.78. The normalized spacial score (nSPS) is 10.7. The Morgan fingerprint density at radius 3 is 2.33 bits per heavy atom. The van der Waals surface area contributed by atoms with Gasteiger partial charge in [0.05, 0.1) is 37.9 Å². The summed E-state index contributed by atoms with van der Waals surface area (Å²) in [6.07, 6.45) is 1.39. The minimum absolute atomic E-state index is 0.101. The number of nitrogens with one attached hydrogen (secondary N) is 1. The predicted molar refractivity (Wildman–Crippen MR) is 148 cm³/mol. The lowest BCUT2D eigenvalue weighted by molar-refractivity contribution is 0.102. The smallest absolute Gasteiger partial charge is 0.276 e. The molecule has 0 aliphatic rings. The molecular formula is C29H25N5O6. The van der Waals surface area contributed by atoms with Crippen molar-refractivity contribution in [1.29, 1.82) is 0 Å². The SMILES string of the molecule is COc1ccc(-n2nc(C(=O)Nc3cccc(Oc4ncnc5cc(OC)c(OC)cc45)c3)c(C)cc2=O)cc1. The summed E-state index contributed by atoms with van der Waals surface area (Å²) >= 11 is 0. The number of nitrogens with zero attached hydrogens (tertiary/aromatic N) is 4. The second-order valence-electron chi connectivity index (χ2n) is 8.61. The van der Waals surface area contributed by atoms with Gasteiger partial charge in [0.25, 0.3) is 11.5 Å². The minimum atomic E-state index is -0.485. The van der Waals surface area contributed by atoms with E-state index in [4.69, 9.17) is 18.9 Å². The van der Waals surface area contributed by atoms with E-state index in [1.165, 1.54) is 17.1 Å². The molecule has 0 saturated heterocycles. The van der Waals surface area contributed by atoms with Crippen LogP contribution in [0.5, 0.6) is 28.9 Å². The Morgan fingerprint density at radius 1 is 0.850 bits per heavy atom. The third kappa shape index (κ3) is 5.25. The molecule has 0 saturated carbocycles. The fraction of sp³-hybridized carbons (Fsp3) is 0.138. The van der Waals surface area contributed by atoms with E-state index in [1.54, 1.807) is 88.9 Å². The molecule has 11 heteroatoms. The second-order valence-corrected chi connectivity index (χ2v) is 8.61. The van der Waals surface area contributed by atoms with Crippen molar-refractivity contribution < 1.29 is 23.7 Å². The first-order chi connectivity index (χ1) is 19.4. The fourth-order valence-electron chi connectivity index (χ4n) is 4.06. The van der Waals surface area contributed by atoms with Crippen LogP contribution < -0.4 is 29.8 Å². The van der Waals surface area contributed by atoms with Crippen molar-refractivity contribution in [3.05, 3.63) is 94.7 Å². The van der Waals surface area contributed by atoms with Crippen LogP contribution in [-0.4, -0.2) is 47.0 Å². The molecule has 5 rings (SSSR count). The van der Waals surface area contributed by atoms with Gasteiger partial charge < -0.3 is 24.3 Å². The summed E-state index contributed by atoms with van der Waals surface area (Å²) in [7, 11) is 4.64. The van der Waals surface area contributed by atoms with Gasteiger partial charge in [-0.3, -0.25) is 9.59 Å². The lowest BCUT2D eigenvalue weighted by atomic mass is 10.2. The Bertz CT molecular complexity index is 1770. The highest BCUT2D eigenvalue weighted by Gasteiger charge is 2.17. The van der Waals surface area contributed by atoms with Gasteiger partial charge in [0.2, 0.25) is 5.88 Å². The fourth-order valence-corrected chi connectivity index (χ4v) is 4.06. The molecule has 2 heterocycles. The number of methoxy groups -OCH3 is 3. The number of amides is 1. The Balaban J connectivity index is 1.40. The van der Waals surface area contributed by atoms with E-state index in [2.05, 4.69) is 20.4 Å². The number of carbonyl (C=O) groups excluding carboxylic acids is 1. The maximum atomic E-state index is 13.2. The van der Waals surface area contributed by atoms with E-state index < -0.39 is 5.91 Å². The molecule has 0 aliphatic carbocycles. The number of aryl methyl sites for hydroxylation is 1. The topological polar surface area (TPSA) is 127 Å². The van der Waals surface area contributed by atoms with Crippen LogP contribution in [0, 0.1) is 6.92 Å². The molecule has 5 aromatic rings. The molecule has 3 aromatic carbocycles. The number of aromatic nitrogens is 4. The minimum Gasteiger partial charge on any atom is -0.497 e. The van der Waals surface area contributed by atoms with Gasteiger partial charge in [0, 0.05) is 23.9 Å². The Morgan fingerprint density at radius 2 is 1.60 bits per heavy atom. The van der Waals surface area contributed by atoms with Crippen molar-refractivity contribution in [1.82, 2.24) is 19.7 Å². The molecule has 11 nitrogen and oxygen atoms in total. The number of benzene rings is 3. The highest BCUT2D eigenvalue weighted by Crippen LogP contribution is 2.36. The van der Waals surface area contributed by atoms with E-state index in [0.717, 1.165) is 0 Å². The van der Waals surface area contributed by atoms with E-state index in [-0.39, 0.29) is 11.3 Å². The van der Waals surface area contributed by atoms with Gasteiger partial charge in [0.15, 0.2) is 17.2 Å². The van der Waals surface area contributed by atoms with Crippen LogP contribution in [0.3, 0.4) is 0 Å². The predicted octanol–water partition coefficient (Wildman–Crippen LogP) is 4.55. The Kier molecular flexibility index (Phi) is 7.27. The van der Waals surface area contributed by atoms with E-state index >= 15 is 0 Å². The molecule has 1 N–H and O–H groups in total. The highest BCUT2D eigenvalue weighted by molar-refractivity contribution is 6.03. The van der Waals surface area contributed by atoms with Crippen molar-refractivity contribution in [2.45, 2.75) is 6.92 Å². The lowest BCUT2D eigenvalue weighted by Crippen LogP contribution is -2.26. The first-order valence-corrected chi connectivity index (χ1v) is 12.1. The third-order valence-corrected chi connectivity index (χ3v) is 6.06. The number of hydrogen-bond acceptors (Lipinski definition) is 9. The highest BCUT2D eigenvalue weighted by atomic mass is 16.5. The summed E-state index contributed by atoms with van der Waals surface area (Å²) in [4.78, 5) is 34.4. The molecule has 0 fully saturated rings. The molecule has 0 atom stereocenters. The average Bonchev–Trinajstić information content (AvgIpc) is 2.97. The molecular weight excluding hydrogens is 514 g/mol. The van der Waals surface area contributed by atoms with Crippen molar-refractivity contribution in [2.24, 2.45) is 0 Å². The van der Waals surface area contributed by atoms with Crippen molar-refractivity contribution in [3.63, 3.8) is 0 Å². The number of hydrogen-bond donors (Lipinski definition) is 1. The quantitative estimate of drug-likeness (QED) is 0.302. The average molecular weight is 540 g/mol. The number of carbonyl (C=O) groups is 1. The largest absolute Gasteiger partial charge is 0.497 e. The first kappa shape index (κ1) is 26.2. The lowest BCUT2D eigenvalue weighted by Gasteiger charge is -2.13. The van der Waals surface area contributed by atoms with Gasteiger partial charge in [-0.15, -0.1) is 0 Å². The van der Waals surface area contributed by atoms with Crippen LogP contribution >= 0.6 is 0 Å². The monoisotopic (exact) mass is 539 g/mol. The molecule has 40 heavy (non-hydrogen) atoms. The zero-order valence-electron chi connectivity index (χ0n) is 22.2. The van der Waals surface area contributed by atoms with Crippen LogP contribution in [0.15, 0.2) is 77.9 Å². The van der Waals surface area contributed by atoms with E-state index in [1.807, 2.05) is 0 Å². The van der Waals surface area contributed by atoms with Crippen molar-refractivity contribution in [3.8, 4) is 34.6 Å².